The number of imidazole rings is 1. The standard InChI is InChI=1S/C23H33N5O3S/c1-18-24-22(17-26(18)2)32(30,31)28-15-11-19(12-16-28)23(29)25-20-7-9-21(10-8-20)27-13-5-3-4-6-14-27/h7-10,17,19H,3-6,11-16H2,1-2H3,(H,25,29). The molecule has 2 aliphatic heterocycles. The van der Waals surface area contributed by atoms with Crippen molar-refractivity contribution in [1.29, 1.82) is 0 Å². The molecule has 174 valence electrons. The van der Waals surface area contributed by atoms with Gasteiger partial charge in [-0.1, -0.05) is 12.8 Å². The predicted molar refractivity (Wildman–Crippen MR) is 125 cm³/mol. The number of piperidine rings is 1. The molecular weight excluding hydrogens is 426 g/mol. The first-order valence-electron chi connectivity index (χ1n) is 11.5. The molecule has 0 saturated carbocycles. The minimum atomic E-state index is -3.62. The number of rotatable bonds is 5. The smallest absolute Gasteiger partial charge is 0.262 e. The van der Waals surface area contributed by atoms with E-state index in [-0.39, 0.29) is 16.9 Å². The SMILES string of the molecule is Cc1nc(S(=O)(=O)N2CCC(C(=O)Nc3ccc(N4CCCCCC4)cc3)CC2)cn1C. The van der Waals surface area contributed by atoms with Crippen LogP contribution < -0.4 is 10.2 Å². The molecule has 0 radical (unpaired) electrons. The topological polar surface area (TPSA) is 87.5 Å². The number of anilines is 2. The van der Waals surface area contributed by atoms with Crippen molar-refractivity contribution in [3.05, 3.63) is 36.3 Å². The fraction of sp³-hybridized carbons (Fsp3) is 0.565. The summed E-state index contributed by atoms with van der Waals surface area (Å²) in [5.74, 6) is 0.412. The Hall–Kier alpha value is -2.39. The third-order valence-corrected chi connectivity index (χ3v) is 8.39. The van der Waals surface area contributed by atoms with E-state index in [2.05, 4.69) is 27.3 Å². The number of benzene rings is 1. The number of aromatic nitrogens is 2. The Morgan fingerprint density at radius 1 is 1.00 bits per heavy atom. The van der Waals surface area contributed by atoms with Gasteiger partial charge in [-0.2, -0.15) is 4.31 Å². The highest BCUT2D eigenvalue weighted by molar-refractivity contribution is 7.89. The Morgan fingerprint density at radius 2 is 1.62 bits per heavy atom. The van der Waals surface area contributed by atoms with Gasteiger partial charge in [-0.25, -0.2) is 13.4 Å². The lowest BCUT2D eigenvalue weighted by molar-refractivity contribution is -0.120. The lowest BCUT2D eigenvalue weighted by Crippen LogP contribution is -2.41. The summed E-state index contributed by atoms with van der Waals surface area (Å²) in [4.78, 5) is 19.3. The number of aryl methyl sites for hydroxylation is 2. The lowest BCUT2D eigenvalue weighted by atomic mass is 9.97. The van der Waals surface area contributed by atoms with Crippen molar-refractivity contribution in [1.82, 2.24) is 13.9 Å². The van der Waals surface area contributed by atoms with Gasteiger partial charge in [0.1, 0.15) is 5.82 Å². The third kappa shape index (κ3) is 4.99. The summed E-state index contributed by atoms with van der Waals surface area (Å²) in [5.41, 5.74) is 1.99. The zero-order valence-corrected chi connectivity index (χ0v) is 19.8. The van der Waals surface area contributed by atoms with Gasteiger partial charge in [-0.15, -0.1) is 0 Å². The average molecular weight is 460 g/mol. The van der Waals surface area contributed by atoms with Gasteiger partial charge < -0.3 is 14.8 Å². The zero-order chi connectivity index (χ0) is 22.7. The largest absolute Gasteiger partial charge is 0.372 e. The second-order valence-corrected chi connectivity index (χ2v) is 10.7. The van der Waals surface area contributed by atoms with E-state index >= 15 is 0 Å². The lowest BCUT2D eigenvalue weighted by Gasteiger charge is -2.30. The monoisotopic (exact) mass is 459 g/mol. The van der Waals surface area contributed by atoms with E-state index in [9.17, 15) is 13.2 Å². The van der Waals surface area contributed by atoms with Crippen molar-refractivity contribution < 1.29 is 13.2 Å². The van der Waals surface area contributed by atoms with E-state index in [4.69, 9.17) is 0 Å². The van der Waals surface area contributed by atoms with Crippen molar-refractivity contribution >= 4 is 27.3 Å². The number of carbonyl (C=O) groups excluding carboxylic acids is 1. The minimum absolute atomic E-state index is 0.0433. The number of nitrogens with zero attached hydrogens (tertiary/aromatic N) is 4. The number of amides is 1. The number of sulfonamides is 1. The van der Waals surface area contributed by atoms with E-state index in [1.165, 1.54) is 35.7 Å². The van der Waals surface area contributed by atoms with E-state index in [0.29, 0.717) is 31.8 Å². The van der Waals surface area contributed by atoms with Gasteiger partial charge in [0.25, 0.3) is 10.0 Å². The summed E-state index contributed by atoms with van der Waals surface area (Å²) < 4.78 is 28.8. The molecule has 2 aliphatic rings. The molecule has 8 nitrogen and oxygen atoms in total. The van der Waals surface area contributed by atoms with Crippen LogP contribution in [0.25, 0.3) is 0 Å². The van der Waals surface area contributed by atoms with Gasteiger partial charge in [0.2, 0.25) is 5.91 Å². The van der Waals surface area contributed by atoms with Gasteiger partial charge in [-0.05, 0) is 56.9 Å². The molecule has 9 heteroatoms. The molecule has 2 saturated heterocycles. The summed E-state index contributed by atoms with van der Waals surface area (Å²) in [6.45, 7) is 4.60. The first-order chi connectivity index (χ1) is 15.3. The Bertz CT molecular complexity index is 1010. The van der Waals surface area contributed by atoms with Crippen LogP contribution in [0.4, 0.5) is 11.4 Å². The molecule has 0 unspecified atom stereocenters. The molecule has 32 heavy (non-hydrogen) atoms. The molecule has 1 aromatic carbocycles. The molecule has 1 amide bonds. The summed E-state index contributed by atoms with van der Waals surface area (Å²) in [6.07, 6.45) is 7.60. The highest BCUT2D eigenvalue weighted by Crippen LogP contribution is 2.26. The molecule has 3 heterocycles. The van der Waals surface area contributed by atoms with Crippen LogP contribution >= 0.6 is 0 Å². The van der Waals surface area contributed by atoms with Crippen LogP contribution in [0.1, 0.15) is 44.3 Å². The Balaban J connectivity index is 1.31. The van der Waals surface area contributed by atoms with Gasteiger partial charge in [0.15, 0.2) is 5.03 Å². The average Bonchev–Trinajstić information content (AvgIpc) is 2.98. The van der Waals surface area contributed by atoms with Crippen LogP contribution in [0.5, 0.6) is 0 Å². The van der Waals surface area contributed by atoms with Crippen LogP contribution in [-0.4, -0.2) is 54.4 Å². The normalized spacial score (nSPS) is 19.0. The van der Waals surface area contributed by atoms with Crippen LogP contribution in [-0.2, 0) is 21.9 Å². The summed E-state index contributed by atoms with van der Waals surface area (Å²) in [6, 6.07) is 8.07. The number of nitrogens with one attached hydrogen (secondary N) is 1. The molecule has 2 fully saturated rings. The van der Waals surface area contributed by atoms with Crippen molar-refractivity contribution in [3.8, 4) is 0 Å². The quantitative estimate of drug-likeness (QED) is 0.742. The first-order valence-corrected chi connectivity index (χ1v) is 12.9. The van der Waals surface area contributed by atoms with Gasteiger partial charge >= 0.3 is 0 Å². The molecule has 2 aromatic rings. The first kappa shape index (κ1) is 22.8. The van der Waals surface area contributed by atoms with Crippen molar-refractivity contribution in [3.63, 3.8) is 0 Å². The van der Waals surface area contributed by atoms with Crippen LogP contribution in [0.15, 0.2) is 35.5 Å². The van der Waals surface area contributed by atoms with Crippen molar-refractivity contribution in [2.75, 3.05) is 36.4 Å². The molecule has 0 aliphatic carbocycles. The molecule has 0 spiro atoms. The van der Waals surface area contributed by atoms with E-state index < -0.39 is 10.0 Å². The highest BCUT2D eigenvalue weighted by Gasteiger charge is 2.33. The van der Waals surface area contributed by atoms with E-state index in [0.717, 1.165) is 18.8 Å². The second-order valence-electron chi connectivity index (χ2n) is 8.85. The van der Waals surface area contributed by atoms with Crippen LogP contribution in [0.2, 0.25) is 0 Å². The number of hydrogen-bond donors (Lipinski definition) is 1. The minimum Gasteiger partial charge on any atom is -0.372 e. The maximum atomic E-state index is 12.8. The van der Waals surface area contributed by atoms with Gasteiger partial charge in [0, 0.05) is 56.7 Å². The van der Waals surface area contributed by atoms with Crippen molar-refractivity contribution in [2.45, 2.75) is 50.5 Å². The molecular formula is C23H33N5O3S. The summed E-state index contributed by atoms with van der Waals surface area (Å²) in [5, 5.41) is 3.08. The van der Waals surface area contributed by atoms with Crippen molar-refractivity contribution in [2.24, 2.45) is 13.0 Å². The maximum absolute atomic E-state index is 12.8. The number of carbonyl (C=O) groups is 1. The fourth-order valence-electron chi connectivity index (χ4n) is 4.47. The molecule has 0 bridgehead atoms. The molecule has 1 aromatic heterocycles. The molecule has 1 N–H and O–H groups in total. The Kier molecular flexibility index (Phi) is 6.85. The van der Waals surface area contributed by atoms with Crippen LogP contribution in [0, 0.1) is 12.8 Å². The second kappa shape index (κ2) is 9.62. The highest BCUT2D eigenvalue weighted by atomic mass is 32.2. The van der Waals surface area contributed by atoms with E-state index in [1.54, 1.807) is 24.7 Å². The summed E-state index contributed by atoms with van der Waals surface area (Å²) in [7, 11) is -1.85. The predicted octanol–water partition coefficient (Wildman–Crippen LogP) is 3.15. The maximum Gasteiger partial charge on any atom is 0.262 e. The third-order valence-electron chi connectivity index (χ3n) is 6.62. The fourth-order valence-corrected chi connectivity index (χ4v) is 5.96. The number of hydrogen-bond acceptors (Lipinski definition) is 5. The summed E-state index contributed by atoms with van der Waals surface area (Å²) >= 11 is 0. The van der Waals surface area contributed by atoms with Gasteiger partial charge in [-0.3, -0.25) is 4.79 Å². The zero-order valence-electron chi connectivity index (χ0n) is 19.0. The Labute approximate surface area is 190 Å². The van der Waals surface area contributed by atoms with Gasteiger partial charge in [0.05, 0.1) is 0 Å². The molecule has 4 rings (SSSR count). The Morgan fingerprint density at radius 3 is 2.19 bits per heavy atom. The van der Waals surface area contributed by atoms with E-state index in [1.807, 2.05) is 12.1 Å². The molecule has 0 atom stereocenters. The van der Waals surface area contributed by atoms with Crippen LogP contribution in [0.3, 0.4) is 0 Å².